The summed E-state index contributed by atoms with van der Waals surface area (Å²) in [7, 11) is 0. The predicted octanol–water partition coefficient (Wildman–Crippen LogP) is 6.01. The molecule has 4 aliphatic rings. The topological polar surface area (TPSA) is 37.3 Å². The summed E-state index contributed by atoms with van der Waals surface area (Å²) in [6.45, 7) is 12.8. The molecule has 0 bridgehead atoms. The van der Waals surface area contributed by atoms with Crippen LogP contribution in [0.4, 0.5) is 0 Å². The van der Waals surface area contributed by atoms with Crippen molar-refractivity contribution in [1.82, 2.24) is 0 Å². The monoisotopic (exact) mass is 350 g/mol. The van der Waals surface area contributed by atoms with Crippen molar-refractivity contribution in [2.75, 3.05) is 0 Å². The maximum absolute atomic E-state index is 13.1. The maximum atomic E-state index is 13.1. The van der Waals surface area contributed by atoms with E-state index in [-0.39, 0.29) is 11.5 Å². The lowest BCUT2D eigenvalue weighted by Gasteiger charge is -2.59. The Hall–Kier alpha value is -0.370. The van der Waals surface area contributed by atoms with Crippen LogP contribution < -0.4 is 0 Å². The van der Waals surface area contributed by atoms with Crippen molar-refractivity contribution >= 4 is 5.78 Å². The van der Waals surface area contributed by atoms with Crippen LogP contribution in [0.25, 0.3) is 0 Å². The van der Waals surface area contributed by atoms with Crippen LogP contribution >= 0.6 is 0 Å². The summed E-state index contributed by atoms with van der Waals surface area (Å²) in [5.41, 5.74) is 0.499. The number of carbonyl (C=O) groups excluding carboxylic acids is 1. The Morgan fingerprint density at radius 2 is 1.64 bits per heavy atom. The molecule has 0 aromatic carbocycles. The number of rotatable bonds is 0. The molecule has 25 heavy (non-hydrogen) atoms. The Balaban J connectivity index is 0.000000528. The van der Waals surface area contributed by atoms with Crippen molar-refractivity contribution in [3.8, 4) is 0 Å². The molecule has 0 aromatic rings. The van der Waals surface area contributed by atoms with E-state index in [0.29, 0.717) is 29.0 Å². The number of hydrogen-bond acceptors (Lipinski definition) is 2. The van der Waals surface area contributed by atoms with Crippen molar-refractivity contribution < 1.29 is 9.90 Å². The van der Waals surface area contributed by atoms with Gasteiger partial charge in [-0.25, -0.2) is 0 Å². The Morgan fingerprint density at radius 3 is 2.32 bits per heavy atom. The van der Waals surface area contributed by atoms with E-state index in [2.05, 4.69) is 13.8 Å². The number of ketones is 1. The van der Waals surface area contributed by atoms with Gasteiger partial charge in [-0.3, -0.25) is 4.79 Å². The van der Waals surface area contributed by atoms with E-state index in [1.807, 2.05) is 27.7 Å². The van der Waals surface area contributed by atoms with Gasteiger partial charge in [0, 0.05) is 12.3 Å². The molecule has 7 atom stereocenters. The van der Waals surface area contributed by atoms with Crippen LogP contribution in [-0.2, 0) is 4.79 Å². The second-order valence-corrected chi connectivity index (χ2v) is 9.15. The van der Waals surface area contributed by atoms with Gasteiger partial charge in [-0.05, 0) is 73.5 Å². The SMILES string of the molecule is CC.CC.C[C@@]12CCCC1C1CCC3C[C@H](O)CC[C@]3(C)C1C(=O)C2. The first-order valence-corrected chi connectivity index (χ1v) is 11.1. The molecule has 0 aliphatic heterocycles. The molecule has 1 N–H and O–H groups in total. The first-order valence-electron chi connectivity index (χ1n) is 11.1. The lowest BCUT2D eigenvalue weighted by Crippen LogP contribution is -2.56. The zero-order valence-corrected chi connectivity index (χ0v) is 17.6. The fourth-order valence-electron chi connectivity index (χ4n) is 7.06. The number of fused-ring (bicyclic) bond motifs is 5. The third kappa shape index (κ3) is 3.45. The summed E-state index contributed by atoms with van der Waals surface area (Å²) in [4.78, 5) is 13.1. The minimum Gasteiger partial charge on any atom is -0.393 e. The highest BCUT2D eigenvalue weighted by atomic mass is 16.3. The fraction of sp³-hybridized carbons (Fsp3) is 0.957. The van der Waals surface area contributed by atoms with Crippen molar-refractivity contribution in [3.05, 3.63) is 0 Å². The second kappa shape index (κ2) is 8.11. The quantitative estimate of drug-likeness (QED) is 0.580. The van der Waals surface area contributed by atoms with Crippen molar-refractivity contribution in [2.45, 2.75) is 105 Å². The van der Waals surface area contributed by atoms with E-state index in [1.165, 1.54) is 32.1 Å². The highest BCUT2D eigenvalue weighted by Gasteiger charge is 2.60. The van der Waals surface area contributed by atoms with Crippen molar-refractivity contribution in [1.29, 1.82) is 0 Å². The van der Waals surface area contributed by atoms with Crippen molar-refractivity contribution in [2.24, 2.45) is 34.5 Å². The summed E-state index contributed by atoms with van der Waals surface area (Å²) in [6.07, 6.45) is 10.1. The molecule has 4 saturated carbocycles. The van der Waals surface area contributed by atoms with Gasteiger partial charge in [-0.1, -0.05) is 48.0 Å². The van der Waals surface area contributed by atoms with Gasteiger partial charge < -0.3 is 5.11 Å². The minimum absolute atomic E-state index is 0.116. The van der Waals surface area contributed by atoms with Crippen LogP contribution in [0.3, 0.4) is 0 Å². The molecule has 4 aliphatic carbocycles. The van der Waals surface area contributed by atoms with Crippen LogP contribution in [0.1, 0.15) is 99.3 Å². The van der Waals surface area contributed by atoms with Gasteiger partial charge in [0.1, 0.15) is 5.78 Å². The average Bonchev–Trinajstić information content (AvgIpc) is 3.00. The zero-order valence-electron chi connectivity index (χ0n) is 17.6. The molecule has 2 nitrogen and oxygen atoms in total. The smallest absolute Gasteiger partial charge is 0.137 e. The second-order valence-electron chi connectivity index (χ2n) is 9.15. The third-order valence-electron chi connectivity index (χ3n) is 8.09. The van der Waals surface area contributed by atoms with Crippen LogP contribution in [0, 0.1) is 34.5 Å². The molecule has 4 unspecified atom stereocenters. The van der Waals surface area contributed by atoms with Gasteiger partial charge in [-0.15, -0.1) is 0 Å². The molecule has 2 heteroatoms. The summed E-state index contributed by atoms with van der Waals surface area (Å²) in [5.74, 6) is 2.90. The summed E-state index contributed by atoms with van der Waals surface area (Å²) in [6, 6.07) is 0. The molecule has 0 aromatic heterocycles. The Bertz CT molecular complexity index is 459. The van der Waals surface area contributed by atoms with E-state index in [0.717, 1.165) is 31.6 Å². The molecule has 0 saturated heterocycles. The van der Waals surface area contributed by atoms with E-state index in [1.54, 1.807) is 0 Å². The molecular formula is C23H42O2. The highest BCUT2D eigenvalue weighted by Crippen LogP contribution is 2.65. The summed E-state index contributed by atoms with van der Waals surface area (Å²) >= 11 is 0. The largest absolute Gasteiger partial charge is 0.393 e. The number of hydrogen-bond donors (Lipinski definition) is 1. The molecular weight excluding hydrogens is 308 g/mol. The van der Waals surface area contributed by atoms with E-state index >= 15 is 0 Å². The number of aliphatic hydroxyl groups excluding tert-OH is 1. The number of aliphatic hydroxyl groups is 1. The fourth-order valence-corrected chi connectivity index (χ4v) is 7.06. The van der Waals surface area contributed by atoms with E-state index in [4.69, 9.17) is 0 Å². The minimum atomic E-state index is -0.116. The molecule has 0 radical (unpaired) electrons. The molecule has 0 heterocycles. The van der Waals surface area contributed by atoms with Crippen LogP contribution in [0.2, 0.25) is 0 Å². The highest BCUT2D eigenvalue weighted by molar-refractivity contribution is 5.84. The van der Waals surface area contributed by atoms with Gasteiger partial charge >= 0.3 is 0 Å². The first kappa shape index (κ1) is 20.9. The average molecular weight is 351 g/mol. The van der Waals surface area contributed by atoms with Gasteiger partial charge in [0.2, 0.25) is 0 Å². The predicted molar refractivity (Wildman–Crippen MR) is 105 cm³/mol. The van der Waals surface area contributed by atoms with E-state index in [9.17, 15) is 9.90 Å². The number of Topliss-reactive ketones (excluding diaryl/α,β-unsaturated/α-hetero) is 1. The van der Waals surface area contributed by atoms with Gasteiger partial charge in [0.05, 0.1) is 6.10 Å². The first-order chi connectivity index (χ1) is 11.9. The number of carbonyl (C=O) groups is 1. The lowest BCUT2D eigenvalue weighted by molar-refractivity contribution is -0.159. The summed E-state index contributed by atoms with van der Waals surface area (Å²) < 4.78 is 0. The normalized spacial score (nSPS) is 48.0. The van der Waals surface area contributed by atoms with Gasteiger partial charge in [0.15, 0.2) is 0 Å². The van der Waals surface area contributed by atoms with Gasteiger partial charge in [0.25, 0.3) is 0 Å². The van der Waals surface area contributed by atoms with Crippen LogP contribution in [-0.4, -0.2) is 17.0 Å². The standard InChI is InChI=1S/C19H30O2.2C2H6/c1-18-8-3-4-15(18)14-6-5-12-10-13(20)7-9-19(12,2)17(14)16(21)11-18;2*1-2/h12-15,17,20H,3-11H2,1-2H3;2*1-2H3/t12?,13-,14?,15?,17?,18+,19+;;/m1../s1. The zero-order chi connectivity index (χ0) is 18.8. The van der Waals surface area contributed by atoms with E-state index < -0.39 is 0 Å². The maximum Gasteiger partial charge on any atom is 0.137 e. The molecule has 0 spiro atoms. The molecule has 4 rings (SSSR count). The Morgan fingerprint density at radius 1 is 0.960 bits per heavy atom. The van der Waals surface area contributed by atoms with Gasteiger partial charge in [-0.2, -0.15) is 0 Å². The van der Waals surface area contributed by atoms with Crippen LogP contribution in [0.15, 0.2) is 0 Å². The lowest BCUT2D eigenvalue weighted by atomic mass is 9.45. The third-order valence-corrected chi connectivity index (χ3v) is 8.09. The molecule has 4 fully saturated rings. The Labute approximate surface area is 156 Å². The van der Waals surface area contributed by atoms with Crippen LogP contribution in [0.5, 0.6) is 0 Å². The molecule has 0 amide bonds. The molecule has 146 valence electrons. The van der Waals surface area contributed by atoms with Crippen molar-refractivity contribution in [3.63, 3.8) is 0 Å². The Kier molecular flexibility index (Phi) is 6.79. The summed E-state index contributed by atoms with van der Waals surface area (Å²) in [5, 5.41) is 10.0.